The van der Waals surface area contributed by atoms with E-state index in [1.54, 1.807) is 62.5 Å². The van der Waals surface area contributed by atoms with Crippen LogP contribution in [-0.2, 0) is 22.8 Å². The number of amides is 3. The van der Waals surface area contributed by atoms with Crippen LogP contribution in [-0.4, -0.2) is 135 Å². The summed E-state index contributed by atoms with van der Waals surface area (Å²) < 4.78 is 9.35. The summed E-state index contributed by atoms with van der Waals surface area (Å²) in [5.74, 6) is 1.01. The number of piperazine rings is 2. The number of rotatable bonds is 7. The molecule has 0 atom stereocenters. The van der Waals surface area contributed by atoms with Crippen LogP contribution >= 0.6 is 86.1 Å². The maximum Gasteiger partial charge on any atom is 1.00 e. The van der Waals surface area contributed by atoms with E-state index in [0.717, 1.165) is 52.4 Å². The van der Waals surface area contributed by atoms with Crippen LogP contribution in [0.5, 0.6) is 11.5 Å². The van der Waals surface area contributed by atoms with E-state index in [0.29, 0.717) is 24.8 Å². The molecule has 0 spiro atoms. The van der Waals surface area contributed by atoms with Gasteiger partial charge in [-0.15, -0.1) is 5.16 Å². The summed E-state index contributed by atoms with van der Waals surface area (Å²) >= 11 is 14.5. The number of halogens is 6. The maximum absolute atomic E-state index is 11.4. The van der Waals surface area contributed by atoms with Gasteiger partial charge in [-0.3, -0.25) is 14.6 Å². The number of nitrogens with two attached hydrogens (primary N) is 1. The Bertz CT molecular complexity index is 1750. The van der Waals surface area contributed by atoms with Crippen molar-refractivity contribution in [2.24, 2.45) is 10.9 Å². The second-order valence-corrected chi connectivity index (χ2v) is 28.6. The molecular weight excluding hydrogens is 1550 g/mol. The van der Waals surface area contributed by atoms with Crippen molar-refractivity contribution in [2.75, 3.05) is 73.5 Å². The van der Waals surface area contributed by atoms with Crippen molar-refractivity contribution in [3.8, 4) is 11.5 Å². The molecule has 4 aromatic rings. The number of ether oxygens (including phenoxy) is 2. The van der Waals surface area contributed by atoms with E-state index in [1.807, 2.05) is 23.1 Å². The van der Waals surface area contributed by atoms with Crippen molar-refractivity contribution < 1.29 is 172 Å². The van der Waals surface area contributed by atoms with Gasteiger partial charge in [-0.2, -0.15) is 0 Å². The Morgan fingerprint density at radius 2 is 1.07 bits per heavy atom. The summed E-state index contributed by atoms with van der Waals surface area (Å²) in [6.07, 6.45) is 0.858. The Morgan fingerprint density at radius 3 is 1.37 bits per heavy atom. The number of oxime groups is 1. The van der Waals surface area contributed by atoms with Crippen LogP contribution in [0.3, 0.4) is 0 Å². The first-order valence-corrected chi connectivity index (χ1v) is 38.8. The number of para-hydroxylation sites is 2. The van der Waals surface area contributed by atoms with Crippen molar-refractivity contribution in [3.63, 3.8) is 0 Å². The number of hydrogen-bond acceptors (Lipinski definition) is 14. The van der Waals surface area contributed by atoms with Gasteiger partial charge in [0.1, 0.15) is 11.5 Å². The zero-order valence-electron chi connectivity index (χ0n) is 41.1. The van der Waals surface area contributed by atoms with Gasteiger partial charge in [0, 0.05) is 135 Å². The Balaban J connectivity index is -0.000000112. The van der Waals surface area contributed by atoms with Crippen molar-refractivity contribution in [1.82, 2.24) is 30.7 Å². The monoisotopic (exact) mass is 1620 g/mol. The molecule has 0 radical (unpaired) electrons. The van der Waals surface area contributed by atoms with Crippen molar-refractivity contribution in [1.29, 1.82) is 0 Å². The van der Waals surface area contributed by atoms with E-state index in [1.165, 1.54) is 44.5 Å². The van der Waals surface area contributed by atoms with E-state index in [4.69, 9.17) is 31.6 Å². The molecule has 2 fully saturated rings. The number of urea groups is 1. The van der Waals surface area contributed by atoms with Gasteiger partial charge in [-0.25, -0.2) is 14.4 Å². The Hall–Kier alpha value is 0.763. The molecule has 6 rings (SSSR count). The van der Waals surface area contributed by atoms with Crippen LogP contribution < -0.4 is 152 Å². The molecule has 388 valence electrons. The smallest absolute Gasteiger partial charge is 1.00 e. The Labute approximate surface area is 557 Å². The van der Waals surface area contributed by atoms with Gasteiger partial charge >= 0.3 is 171 Å². The SMILES string of the molecule is C/C=N/O.CN.CNC(=O)N1CCN(Cc2ccccc2)CC1.CNC(=O)Oc1ccccc1.II.I[I-]I.O.O.O=C(Cl)Oc1ccccc1.O=CO[O-].[H-].[K+].[K+].c1ccc(CN2CCNCC2)cc1. The Morgan fingerprint density at radius 1 is 0.743 bits per heavy atom. The van der Waals surface area contributed by atoms with Gasteiger partial charge in [0.2, 0.25) is 0 Å². The van der Waals surface area contributed by atoms with E-state index >= 15 is 0 Å². The summed E-state index contributed by atoms with van der Waals surface area (Å²) in [4.78, 5) is 50.2. The molecule has 0 unspecified atom stereocenters. The summed E-state index contributed by atoms with van der Waals surface area (Å²) in [5.41, 5.74) is 6.44. The Kier molecular flexibility index (Phi) is 79.7. The largest absolute Gasteiger partial charge is 1.00 e. The molecule has 4 aromatic carbocycles. The number of hydrogen-bond donors (Lipinski definition) is 5. The first-order valence-electron chi connectivity index (χ1n) is 19.6. The van der Waals surface area contributed by atoms with Crippen LogP contribution in [0.4, 0.5) is 14.4 Å². The standard InChI is InChI=1S/C13H19N3O.C11H16N2.C8H9NO2.C7H5ClO2.C2H5NO.CH5N.CH2O3.I3.I2.2K.2H2O.H/c1-14-13(17)16-9-7-15(8-10-16)11-12-5-3-2-4-6-12;1-2-4-11(5-3-1)10-13-8-6-12-7-9-13;1-9-8(10)11-7-5-3-2-4-6-7;8-7(9)10-6-4-2-1-3-5-6;1-2-3-4;1-2;2-1-4-3;1-3-2;1-2;;;;;/h2-6H,7-11H2,1H3,(H,14,17);1-5,12H,6-10H2;2-6H,1H3,(H,9,10);1-5H;2,4H,1H3;2H2,1H3;1,3H;;;;;2*1H2;/q;;;;;;;-1;;2*+1;;;-1/p-1/b;;;;3-2+;;;;;;;;;. The predicted molar refractivity (Wildman–Crippen MR) is 300 cm³/mol. The maximum atomic E-state index is 11.4. The van der Waals surface area contributed by atoms with Crippen LogP contribution in [0.2, 0.25) is 0 Å². The van der Waals surface area contributed by atoms with E-state index in [9.17, 15) is 14.4 Å². The van der Waals surface area contributed by atoms with Gasteiger partial charge < -0.3 is 63.8 Å². The van der Waals surface area contributed by atoms with Gasteiger partial charge in [-0.05, 0) is 49.4 Å². The second kappa shape index (κ2) is 65.9. The number of nitrogens with one attached hydrogen (secondary N) is 3. The van der Waals surface area contributed by atoms with E-state index in [2.05, 4.69) is 175 Å². The molecule has 70 heavy (non-hydrogen) atoms. The minimum absolute atomic E-state index is 0. The quantitative estimate of drug-likeness (QED) is 0.0188. The van der Waals surface area contributed by atoms with Crippen molar-refractivity contribution >= 4 is 116 Å². The molecule has 0 aliphatic carbocycles. The van der Waals surface area contributed by atoms with Gasteiger partial charge in [0.15, 0.2) is 0 Å². The molecular formula is C43H65ClI5K2N8O11-. The fraction of sp³-hybridized carbons (Fsp3) is 0.326. The van der Waals surface area contributed by atoms with Crippen molar-refractivity contribution in [2.45, 2.75) is 20.0 Å². The average molecular weight is 1620 g/mol. The molecule has 19 nitrogen and oxygen atoms in total. The van der Waals surface area contributed by atoms with E-state index in [-0.39, 0.29) is 128 Å². The first kappa shape index (κ1) is 84.7. The van der Waals surface area contributed by atoms with Crippen LogP contribution in [0.1, 0.15) is 19.5 Å². The normalized spacial score (nSPS) is 11.6. The van der Waals surface area contributed by atoms with Crippen LogP contribution in [0, 0.1) is 0 Å². The summed E-state index contributed by atoms with van der Waals surface area (Å²) in [6.45, 7) is 11.7. The van der Waals surface area contributed by atoms with Gasteiger partial charge in [0.25, 0.3) is 6.47 Å². The molecule has 2 heterocycles. The van der Waals surface area contributed by atoms with Crippen molar-refractivity contribution in [3.05, 3.63) is 132 Å². The molecule has 0 saturated carbocycles. The van der Waals surface area contributed by atoms with Gasteiger partial charge in [-0.1, -0.05) is 97.1 Å². The number of carbonyl (C=O) groups is 4. The zero-order valence-corrected chi connectivity index (χ0v) is 57.9. The molecule has 0 bridgehead atoms. The van der Waals surface area contributed by atoms with Crippen LogP contribution in [0.15, 0.2) is 126 Å². The minimum atomic E-state index is -0.814. The topological polar surface area (TPSA) is 286 Å². The number of carbonyl (C=O) groups excluding carboxylic acids is 4. The van der Waals surface area contributed by atoms with E-state index < -0.39 is 11.5 Å². The summed E-state index contributed by atoms with van der Waals surface area (Å²) in [7, 11) is 4.70. The second-order valence-electron chi connectivity index (χ2n) is 12.0. The average Bonchev–Trinajstić information content (AvgIpc) is 3.37. The fourth-order valence-electron chi connectivity index (χ4n) is 5.05. The summed E-state index contributed by atoms with van der Waals surface area (Å²) in [6, 6.07) is 38.7. The van der Waals surface area contributed by atoms with Gasteiger partial charge in [0.05, 0.1) is 0 Å². The molecule has 2 aliphatic heterocycles. The molecule has 2 aliphatic rings. The number of nitrogens with zero attached hydrogens (tertiary/aromatic N) is 4. The minimum Gasteiger partial charge on any atom is -1.00 e. The molecule has 2 saturated heterocycles. The number of benzene rings is 4. The molecule has 3 amide bonds. The molecule has 27 heteroatoms. The predicted octanol–water partition coefficient (Wildman–Crippen LogP) is -2.44. The molecule has 0 aromatic heterocycles. The summed E-state index contributed by atoms with van der Waals surface area (Å²) in [5, 5.41) is 26.9. The third-order valence-electron chi connectivity index (χ3n) is 7.83. The first-order chi connectivity index (χ1) is 32.1. The molecule has 10 N–H and O–H groups in total. The third-order valence-corrected chi connectivity index (χ3v) is 7.91. The third kappa shape index (κ3) is 53.6. The fourth-order valence-corrected chi connectivity index (χ4v) is 5.14. The van der Waals surface area contributed by atoms with Crippen LogP contribution in [0.25, 0.3) is 0 Å². The zero-order chi connectivity index (χ0) is 50.1.